The van der Waals surface area contributed by atoms with Crippen molar-refractivity contribution in [2.24, 2.45) is 0 Å². The van der Waals surface area contributed by atoms with E-state index in [-0.39, 0.29) is 17.5 Å². The molecule has 1 atom stereocenters. The van der Waals surface area contributed by atoms with Gasteiger partial charge in [0.15, 0.2) is 5.69 Å². The van der Waals surface area contributed by atoms with Crippen LogP contribution in [0.4, 0.5) is 0 Å². The van der Waals surface area contributed by atoms with E-state index in [1.807, 2.05) is 6.07 Å². The fraction of sp³-hybridized carbons (Fsp3) is 0.412. The lowest BCUT2D eigenvalue weighted by Crippen LogP contribution is -2.45. The van der Waals surface area contributed by atoms with E-state index >= 15 is 0 Å². The van der Waals surface area contributed by atoms with Crippen molar-refractivity contribution in [2.45, 2.75) is 25.8 Å². The lowest BCUT2D eigenvalue weighted by atomic mass is 10.2. The molecule has 25 heavy (non-hydrogen) atoms. The molecule has 3 rings (SSSR count). The number of halogens is 1. The number of likely N-dealkylation sites (tertiary alicyclic amines) is 1. The number of carbonyl (C=O) groups excluding carboxylic acids is 2. The van der Waals surface area contributed by atoms with Crippen LogP contribution in [-0.4, -0.2) is 63.3 Å². The van der Waals surface area contributed by atoms with Gasteiger partial charge in [-0.1, -0.05) is 17.7 Å². The zero-order valence-electron chi connectivity index (χ0n) is 14.4. The van der Waals surface area contributed by atoms with Crippen LogP contribution in [0.3, 0.4) is 0 Å². The van der Waals surface area contributed by atoms with Gasteiger partial charge in [0.25, 0.3) is 5.91 Å². The first-order valence-electron chi connectivity index (χ1n) is 8.10. The SMILES string of the molecule is Cc1nn(-c2cccc(Cl)c2)nc1C(=O)N1CCCC1C(=O)N(C)C. The first kappa shape index (κ1) is 17.4. The number of likely N-dealkylation sites (N-methyl/N-ethyl adjacent to an activating group) is 1. The van der Waals surface area contributed by atoms with Crippen molar-refractivity contribution < 1.29 is 9.59 Å². The Morgan fingerprint density at radius 2 is 2.04 bits per heavy atom. The van der Waals surface area contributed by atoms with E-state index in [9.17, 15) is 9.59 Å². The Labute approximate surface area is 151 Å². The molecule has 0 saturated carbocycles. The summed E-state index contributed by atoms with van der Waals surface area (Å²) in [4.78, 5) is 29.8. The number of aryl methyl sites for hydroxylation is 1. The fourth-order valence-electron chi connectivity index (χ4n) is 2.99. The molecule has 1 aliphatic rings. The van der Waals surface area contributed by atoms with Gasteiger partial charge in [-0.2, -0.15) is 9.90 Å². The molecule has 7 nitrogen and oxygen atoms in total. The molecule has 0 spiro atoms. The fourth-order valence-corrected chi connectivity index (χ4v) is 3.18. The van der Waals surface area contributed by atoms with Crippen LogP contribution in [0, 0.1) is 6.92 Å². The van der Waals surface area contributed by atoms with Crippen molar-refractivity contribution in [1.29, 1.82) is 0 Å². The maximum atomic E-state index is 12.9. The maximum absolute atomic E-state index is 12.9. The molecule has 2 heterocycles. The molecule has 132 valence electrons. The first-order chi connectivity index (χ1) is 11.9. The van der Waals surface area contributed by atoms with Gasteiger partial charge in [-0.3, -0.25) is 9.59 Å². The minimum Gasteiger partial charge on any atom is -0.347 e. The molecule has 2 amide bonds. The summed E-state index contributed by atoms with van der Waals surface area (Å²) < 4.78 is 0. The van der Waals surface area contributed by atoms with Crippen molar-refractivity contribution in [2.75, 3.05) is 20.6 Å². The summed E-state index contributed by atoms with van der Waals surface area (Å²) in [5, 5.41) is 9.22. The van der Waals surface area contributed by atoms with Crippen LogP contribution in [-0.2, 0) is 4.79 Å². The summed E-state index contributed by atoms with van der Waals surface area (Å²) in [5.74, 6) is -0.325. The Balaban J connectivity index is 1.89. The molecule has 0 radical (unpaired) electrons. The van der Waals surface area contributed by atoms with Crippen molar-refractivity contribution in [3.63, 3.8) is 0 Å². The molecular formula is C17H20ClN5O2. The van der Waals surface area contributed by atoms with Crippen molar-refractivity contribution >= 4 is 23.4 Å². The lowest BCUT2D eigenvalue weighted by molar-refractivity contribution is -0.132. The topological polar surface area (TPSA) is 71.3 Å². The Bertz CT molecular complexity index is 817. The summed E-state index contributed by atoms with van der Waals surface area (Å²) in [6.45, 7) is 2.28. The van der Waals surface area contributed by atoms with Gasteiger partial charge < -0.3 is 9.80 Å². The van der Waals surface area contributed by atoms with Crippen LogP contribution >= 0.6 is 11.6 Å². The second kappa shape index (κ2) is 6.84. The van der Waals surface area contributed by atoms with Crippen molar-refractivity contribution in [3.05, 3.63) is 40.7 Å². The third-order valence-corrected chi connectivity index (χ3v) is 4.50. The second-order valence-electron chi connectivity index (χ2n) is 6.29. The number of rotatable bonds is 3. The second-order valence-corrected chi connectivity index (χ2v) is 6.73. The third-order valence-electron chi connectivity index (χ3n) is 4.26. The third kappa shape index (κ3) is 3.37. The van der Waals surface area contributed by atoms with E-state index in [2.05, 4.69) is 10.2 Å². The maximum Gasteiger partial charge on any atom is 0.277 e. The molecule has 1 saturated heterocycles. The van der Waals surface area contributed by atoms with E-state index in [1.54, 1.807) is 44.1 Å². The highest BCUT2D eigenvalue weighted by Gasteiger charge is 2.37. The number of benzene rings is 1. The predicted octanol–water partition coefficient (Wildman–Crippen LogP) is 1.92. The summed E-state index contributed by atoms with van der Waals surface area (Å²) in [7, 11) is 3.40. The minimum atomic E-state index is -0.432. The van der Waals surface area contributed by atoms with Crippen LogP contribution in [0.1, 0.15) is 29.0 Å². The molecule has 0 bridgehead atoms. The monoisotopic (exact) mass is 361 g/mol. The van der Waals surface area contributed by atoms with Crippen LogP contribution in [0.2, 0.25) is 5.02 Å². The van der Waals surface area contributed by atoms with Gasteiger partial charge in [0.05, 0.1) is 11.4 Å². The van der Waals surface area contributed by atoms with E-state index < -0.39 is 6.04 Å². The normalized spacial score (nSPS) is 17.0. The molecule has 1 aromatic heterocycles. The standard InChI is InChI=1S/C17H20ClN5O2/c1-11-15(20-23(19-11)13-7-4-6-12(18)10-13)17(25)22-9-5-8-14(22)16(24)21(2)3/h4,6-7,10,14H,5,8-9H2,1-3H3. The minimum absolute atomic E-state index is 0.0641. The highest BCUT2D eigenvalue weighted by Crippen LogP contribution is 2.22. The van der Waals surface area contributed by atoms with Crippen LogP contribution in [0.5, 0.6) is 0 Å². The quantitative estimate of drug-likeness (QED) is 0.837. The average molecular weight is 362 g/mol. The van der Waals surface area contributed by atoms with E-state index in [0.717, 1.165) is 6.42 Å². The number of carbonyl (C=O) groups is 2. The first-order valence-corrected chi connectivity index (χ1v) is 8.48. The van der Waals surface area contributed by atoms with Crippen LogP contribution < -0.4 is 0 Å². The van der Waals surface area contributed by atoms with Crippen LogP contribution in [0.15, 0.2) is 24.3 Å². The van der Waals surface area contributed by atoms with Crippen molar-refractivity contribution in [1.82, 2.24) is 24.8 Å². The highest BCUT2D eigenvalue weighted by molar-refractivity contribution is 6.30. The smallest absolute Gasteiger partial charge is 0.277 e. The van der Waals surface area contributed by atoms with Gasteiger partial charge in [-0.05, 0) is 38.0 Å². The summed E-state index contributed by atoms with van der Waals surface area (Å²) in [5.41, 5.74) is 1.46. The molecule has 2 aromatic rings. The number of hydrogen-bond acceptors (Lipinski definition) is 4. The summed E-state index contributed by atoms with van der Waals surface area (Å²) in [6.07, 6.45) is 1.47. The predicted molar refractivity (Wildman–Crippen MR) is 93.9 cm³/mol. The Morgan fingerprint density at radius 3 is 2.72 bits per heavy atom. The molecule has 0 N–H and O–H groups in total. The molecule has 1 aromatic carbocycles. The number of aromatic nitrogens is 3. The van der Waals surface area contributed by atoms with Gasteiger partial charge >= 0.3 is 0 Å². The van der Waals surface area contributed by atoms with Gasteiger partial charge in [0, 0.05) is 25.7 Å². The summed E-state index contributed by atoms with van der Waals surface area (Å²) >= 11 is 6.00. The Kier molecular flexibility index (Phi) is 4.76. The van der Waals surface area contributed by atoms with Crippen molar-refractivity contribution in [3.8, 4) is 5.69 Å². The lowest BCUT2D eigenvalue weighted by Gasteiger charge is -2.25. The molecule has 1 aliphatic heterocycles. The highest BCUT2D eigenvalue weighted by atomic mass is 35.5. The number of hydrogen-bond donors (Lipinski definition) is 0. The van der Waals surface area contributed by atoms with Gasteiger partial charge in [-0.15, -0.1) is 5.10 Å². The van der Waals surface area contributed by atoms with Crippen LogP contribution in [0.25, 0.3) is 5.69 Å². The molecule has 1 unspecified atom stereocenters. The number of nitrogens with zero attached hydrogens (tertiary/aromatic N) is 5. The van der Waals surface area contributed by atoms with Gasteiger partial charge in [0.1, 0.15) is 6.04 Å². The molecular weight excluding hydrogens is 342 g/mol. The molecule has 0 aliphatic carbocycles. The molecule has 8 heteroatoms. The van der Waals surface area contributed by atoms with Gasteiger partial charge in [0.2, 0.25) is 5.91 Å². The summed E-state index contributed by atoms with van der Waals surface area (Å²) in [6, 6.07) is 6.66. The van der Waals surface area contributed by atoms with E-state index in [0.29, 0.717) is 29.4 Å². The number of amides is 2. The zero-order chi connectivity index (χ0) is 18.1. The largest absolute Gasteiger partial charge is 0.347 e. The Hall–Kier alpha value is -2.41. The van der Waals surface area contributed by atoms with Gasteiger partial charge in [-0.25, -0.2) is 0 Å². The van der Waals surface area contributed by atoms with E-state index in [1.165, 1.54) is 9.70 Å². The van der Waals surface area contributed by atoms with E-state index in [4.69, 9.17) is 11.6 Å². The molecule has 1 fully saturated rings. The Morgan fingerprint density at radius 1 is 1.28 bits per heavy atom. The average Bonchev–Trinajstić information content (AvgIpc) is 3.20. The zero-order valence-corrected chi connectivity index (χ0v) is 15.2.